The lowest BCUT2D eigenvalue weighted by atomic mass is 9.83. The van der Waals surface area contributed by atoms with Crippen molar-refractivity contribution in [3.8, 4) is 22.3 Å². The highest BCUT2D eigenvalue weighted by Crippen LogP contribution is 2.42. The van der Waals surface area contributed by atoms with Crippen molar-refractivity contribution in [2.24, 2.45) is 0 Å². The fourth-order valence-electron chi connectivity index (χ4n) is 5.03. The van der Waals surface area contributed by atoms with Gasteiger partial charge in [-0.3, -0.25) is 0 Å². The molecule has 0 saturated carbocycles. The first kappa shape index (κ1) is 18.0. The third-order valence-corrected chi connectivity index (χ3v) is 6.46. The van der Waals surface area contributed by atoms with E-state index in [2.05, 4.69) is 97.1 Å². The number of nitrogens with two attached hydrogens (primary N) is 1. The predicted molar refractivity (Wildman–Crippen MR) is 134 cm³/mol. The zero-order chi connectivity index (χ0) is 20.8. The van der Waals surface area contributed by atoms with Crippen molar-refractivity contribution in [2.45, 2.75) is 12.8 Å². The summed E-state index contributed by atoms with van der Waals surface area (Å²) in [6.07, 6.45) is 6.79. The average Bonchev–Trinajstić information content (AvgIpc) is 2.83. The Balaban J connectivity index is 1.70. The largest absolute Gasteiger partial charge is 0.399 e. The molecule has 148 valence electrons. The van der Waals surface area contributed by atoms with Crippen LogP contribution in [-0.2, 0) is 6.42 Å². The molecule has 0 saturated heterocycles. The molecule has 0 aliphatic heterocycles. The van der Waals surface area contributed by atoms with Gasteiger partial charge in [0.1, 0.15) is 0 Å². The number of fused-ring (bicyclic) bond motifs is 4. The van der Waals surface area contributed by atoms with E-state index in [-0.39, 0.29) is 0 Å². The maximum Gasteiger partial charge on any atom is 0.0320 e. The molecule has 0 spiro atoms. The van der Waals surface area contributed by atoms with E-state index in [1.165, 1.54) is 54.9 Å². The summed E-state index contributed by atoms with van der Waals surface area (Å²) in [5, 5.41) is 5.16. The van der Waals surface area contributed by atoms with E-state index in [0.717, 1.165) is 18.5 Å². The summed E-state index contributed by atoms with van der Waals surface area (Å²) in [6, 6.07) is 32.6. The van der Waals surface area contributed by atoms with Gasteiger partial charge in [-0.2, -0.15) is 0 Å². The lowest BCUT2D eigenvalue weighted by Crippen LogP contribution is -2.00. The number of hydrogen-bond acceptors (Lipinski definition) is 1. The topological polar surface area (TPSA) is 26.0 Å². The van der Waals surface area contributed by atoms with Crippen LogP contribution >= 0.6 is 0 Å². The van der Waals surface area contributed by atoms with Crippen LogP contribution < -0.4 is 5.73 Å². The van der Waals surface area contributed by atoms with Crippen LogP contribution in [0.1, 0.15) is 17.5 Å². The molecular formula is C30H23N. The van der Waals surface area contributed by atoms with Gasteiger partial charge >= 0.3 is 0 Å². The highest BCUT2D eigenvalue weighted by molar-refractivity contribution is 6.04. The van der Waals surface area contributed by atoms with Gasteiger partial charge in [-0.1, -0.05) is 84.9 Å². The van der Waals surface area contributed by atoms with E-state index in [1.807, 2.05) is 6.07 Å². The normalized spacial score (nSPS) is 12.9. The summed E-state index contributed by atoms with van der Waals surface area (Å²) in [7, 11) is 0. The van der Waals surface area contributed by atoms with Gasteiger partial charge in [0.25, 0.3) is 0 Å². The minimum atomic E-state index is 0.789. The van der Waals surface area contributed by atoms with Crippen molar-refractivity contribution >= 4 is 33.3 Å². The highest BCUT2D eigenvalue weighted by atomic mass is 14.5. The monoisotopic (exact) mass is 397 g/mol. The Morgan fingerprint density at radius 3 is 2.26 bits per heavy atom. The summed E-state index contributed by atoms with van der Waals surface area (Å²) in [5.74, 6) is 0. The number of nitrogen functional groups attached to an aromatic ring is 1. The van der Waals surface area contributed by atoms with E-state index in [1.54, 1.807) is 0 Å². The maximum absolute atomic E-state index is 6.30. The average molecular weight is 398 g/mol. The van der Waals surface area contributed by atoms with Crippen LogP contribution in [0.15, 0.2) is 97.1 Å². The number of rotatable bonds is 2. The van der Waals surface area contributed by atoms with Crippen LogP contribution in [0.5, 0.6) is 0 Å². The number of benzene rings is 5. The van der Waals surface area contributed by atoms with Crippen LogP contribution in [0, 0.1) is 0 Å². The van der Waals surface area contributed by atoms with Crippen molar-refractivity contribution in [2.75, 3.05) is 5.73 Å². The van der Waals surface area contributed by atoms with Gasteiger partial charge in [0.2, 0.25) is 0 Å². The Morgan fingerprint density at radius 2 is 1.35 bits per heavy atom. The Bertz CT molecular complexity index is 1480. The molecule has 1 aliphatic carbocycles. The van der Waals surface area contributed by atoms with E-state index < -0.39 is 0 Å². The van der Waals surface area contributed by atoms with Gasteiger partial charge in [0, 0.05) is 5.69 Å². The number of aryl methyl sites for hydroxylation is 1. The number of hydrogen-bond donors (Lipinski definition) is 1. The smallest absolute Gasteiger partial charge is 0.0320 e. The van der Waals surface area contributed by atoms with Crippen LogP contribution in [0.4, 0.5) is 5.69 Å². The van der Waals surface area contributed by atoms with Crippen molar-refractivity contribution in [3.05, 3.63) is 108 Å². The lowest BCUT2D eigenvalue weighted by Gasteiger charge is -2.21. The maximum atomic E-state index is 6.30. The molecule has 31 heavy (non-hydrogen) atoms. The molecular weight excluding hydrogens is 374 g/mol. The molecule has 5 aromatic carbocycles. The first-order chi connectivity index (χ1) is 15.3. The second kappa shape index (κ2) is 7.14. The molecule has 0 heterocycles. The van der Waals surface area contributed by atoms with E-state index in [9.17, 15) is 0 Å². The minimum Gasteiger partial charge on any atom is -0.399 e. The first-order valence-electron chi connectivity index (χ1n) is 10.9. The Hall–Kier alpha value is -3.84. The molecule has 0 radical (unpaired) electrons. The van der Waals surface area contributed by atoms with E-state index in [0.29, 0.717) is 0 Å². The van der Waals surface area contributed by atoms with Crippen molar-refractivity contribution < 1.29 is 0 Å². The number of allylic oxidation sites excluding steroid dienone is 1. The molecule has 0 bridgehead atoms. The van der Waals surface area contributed by atoms with E-state index >= 15 is 0 Å². The third kappa shape index (κ3) is 2.93. The fourth-order valence-corrected chi connectivity index (χ4v) is 5.03. The summed E-state index contributed by atoms with van der Waals surface area (Å²) in [6.45, 7) is 0. The third-order valence-electron chi connectivity index (χ3n) is 6.46. The summed E-state index contributed by atoms with van der Waals surface area (Å²) in [4.78, 5) is 0. The van der Waals surface area contributed by atoms with Gasteiger partial charge in [0.15, 0.2) is 0 Å². The van der Waals surface area contributed by atoms with Crippen molar-refractivity contribution in [1.82, 2.24) is 0 Å². The molecule has 0 unspecified atom stereocenters. The molecule has 5 aromatic rings. The van der Waals surface area contributed by atoms with Gasteiger partial charge in [0.05, 0.1) is 0 Å². The summed E-state index contributed by atoms with van der Waals surface area (Å²) < 4.78 is 0. The Kier molecular flexibility index (Phi) is 4.14. The first-order valence-corrected chi connectivity index (χ1v) is 10.9. The molecule has 1 nitrogen and oxygen atoms in total. The van der Waals surface area contributed by atoms with Crippen LogP contribution in [0.25, 0.3) is 49.9 Å². The van der Waals surface area contributed by atoms with E-state index in [4.69, 9.17) is 5.73 Å². The second-order valence-electron chi connectivity index (χ2n) is 8.31. The van der Waals surface area contributed by atoms with Crippen LogP contribution in [-0.4, -0.2) is 0 Å². The molecule has 2 N–H and O–H groups in total. The minimum absolute atomic E-state index is 0.789. The second-order valence-corrected chi connectivity index (χ2v) is 8.31. The molecule has 0 fully saturated rings. The lowest BCUT2D eigenvalue weighted by molar-refractivity contribution is 0.998. The molecule has 0 aromatic heterocycles. The molecule has 6 rings (SSSR count). The zero-order valence-corrected chi connectivity index (χ0v) is 17.3. The van der Waals surface area contributed by atoms with Crippen LogP contribution in [0.3, 0.4) is 0 Å². The molecule has 0 amide bonds. The summed E-state index contributed by atoms with van der Waals surface area (Å²) in [5.41, 5.74) is 14.8. The van der Waals surface area contributed by atoms with Gasteiger partial charge in [-0.05, 0) is 86.0 Å². The zero-order valence-electron chi connectivity index (χ0n) is 17.3. The molecule has 0 atom stereocenters. The highest BCUT2D eigenvalue weighted by Gasteiger charge is 2.18. The van der Waals surface area contributed by atoms with Gasteiger partial charge in [-0.15, -0.1) is 0 Å². The molecule has 1 heteroatoms. The standard InChI is InChI=1S/C30H23N/c31-22-16-17-28(30(19-22)26-15-7-10-20-8-1-3-11-23(20)26)29-18-21-9-2-4-12-24(21)25-13-5-6-14-27(25)29/h1-4,6-12,14-19H,5,13,31H2. The van der Waals surface area contributed by atoms with Crippen molar-refractivity contribution in [1.29, 1.82) is 0 Å². The van der Waals surface area contributed by atoms with Gasteiger partial charge < -0.3 is 5.73 Å². The summed E-state index contributed by atoms with van der Waals surface area (Å²) >= 11 is 0. The fraction of sp³-hybridized carbons (Fsp3) is 0.0667. The Morgan fingerprint density at radius 1 is 0.581 bits per heavy atom. The van der Waals surface area contributed by atoms with Crippen LogP contribution in [0.2, 0.25) is 0 Å². The van der Waals surface area contributed by atoms with Crippen molar-refractivity contribution in [3.63, 3.8) is 0 Å². The molecule has 1 aliphatic rings. The quantitative estimate of drug-likeness (QED) is 0.301. The van der Waals surface area contributed by atoms with Gasteiger partial charge in [-0.25, -0.2) is 0 Å². The SMILES string of the molecule is Nc1ccc(-c2cc3ccccc3c3c2C=CCC3)c(-c2cccc3ccccc23)c1. The Labute approximate surface area is 182 Å². The number of anilines is 1. The predicted octanol–water partition coefficient (Wildman–Crippen LogP) is 7.87.